The van der Waals surface area contributed by atoms with Crippen molar-refractivity contribution in [2.24, 2.45) is 0 Å². The van der Waals surface area contributed by atoms with Gasteiger partial charge in [0.2, 0.25) is 5.91 Å². The van der Waals surface area contributed by atoms with Crippen molar-refractivity contribution in [3.05, 3.63) is 24.3 Å². The van der Waals surface area contributed by atoms with Crippen molar-refractivity contribution < 1.29 is 24.5 Å². The molecule has 0 aromatic rings. The molecule has 0 aromatic heterocycles. The molecule has 0 fully saturated rings. The van der Waals surface area contributed by atoms with Crippen LogP contribution in [0.4, 0.5) is 0 Å². The van der Waals surface area contributed by atoms with Crippen LogP contribution in [0, 0.1) is 0 Å². The average molecular weight is 959 g/mol. The predicted octanol–water partition coefficient (Wildman–Crippen LogP) is 19.0. The number of rotatable bonds is 56. The molecule has 0 aliphatic heterocycles. The normalized spacial score (nSPS) is 13.2. The van der Waals surface area contributed by atoms with Crippen LogP contribution >= 0.6 is 0 Å². The van der Waals surface area contributed by atoms with Crippen LogP contribution < -0.4 is 5.32 Å². The topological polar surface area (TPSA) is 95.9 Å². The molecule has 6 heteroatoms. The van der Waals surface area contributed by atoms with E-state index in [9.17, 15) is 19.8 Å². The van der Waals surface area contributed by atoms with Crippen molar-refractivity contribution >= 4 is 11.9 Å². The second-order valence-electron chi connectivity index (χ2n) is 21.1. The monoisotopic (exact) mass is 958 g/mol. The second-order valence-corrected chi connectivity index (χ2v) is 21.1. The Labute approximate surface area is 424 Å². The van der Waals surface area contributed by atoms with Gasteiger partial charge in [0, 0.05) is 6.42 Å². The van der Waals surface area contributed by atoms with E-state index in [1.807, 2.05) is 0 Å². The van der Waals surface area contributed by atoms with Crippen molar-refractivity contribution in [3.8, 4) is 0 Å². The van der Waals surface area contributed by atoms with Crippen LogP contribution in [0.25, 0.3) is 0 Å². The van der Waals surface area contributed by atoms with E-state index in [1.165, 1.54) is 225 Å². The number of aliphatic hydroxyl groups is 2. The molecule has 3 unspecified atom stereocenters. The molecule has 0 spiro atoms. The van der Waals surface area contributed by atoms with E-state index < -0.39 is 18.2 Å². The molecule has 0 heterocycles. The molecule has 0 aliphatic carbocycles. The number of amides is 1. The van der Waals surface area contributed by atoms with Crippen LogP contribution in [0.5, 0.6) is 0 Å². The van der Waals surface area contributed by atoms with Gasteiger partial charge in [-0.25, -0.2) is 0 Å². The van der Waals surface area contributed by atoms with E-state index in [0.29, 0.717) is 19.3 Å². The highest BCUT2D eigenvalue weighted by atomic mass is 16.5. The highest BCUT2D eigenvalue weighted by molar-refractivity contribution is 5.77. The van der Waals surface area contributed by atoms with Crippen molar-refractivity contribution in [2.75, 3.05) is 6.61 Å². The maximum atomic E-state index is 13.3. The minimum Gasteiger partial charge on any atom is -0.462 e. The van der Waals surface area contributed by atoms with E-state index in [4.69, 9.17) is 4.74 Å². The lowest BCUT2D eigenvalue weighted by Crippen LogP contribution is -2.46. The zero-order valence-corrected chi connectivity index (χ0v) is 46.0. The number of hydrogen-bond acceptors (Lipinski definition) is 5. The molecule has 68 heavy (non-hydrogen) atoms. The largest absolute Gasteiger partial charge is 0.462 e. The second kappa shape index (κ2) is 56.3. The third-order valence-electron chi connectivity index (χ3n) is 14.3. The first-order valence-corrected chi connectivity index (χ1v) is 30.6. The Morgan fingerprint density at radius 2 is 0.706 bits per heavy atom. The van der Waals surface area contributed by atoms with Crippen molar-refractivity contribution in [3.63, 3.8) is 0 Å². The van der Waals surface area contributed by atoms with Crippen LogP contribution in [0.2, 0.25) is 0 Å². The van der Waals surface area contributed by atoms with Crippen molar-refractivity contribution in [1.29, 1.82) is 0 Å². The molecule has 0 saturated heterocycles. The third kappa shape index (κ3) is 50.7. The number of unbranched alkanes of at least 4 members (excludes halogenated alkanes) is 40. The van der Waals surface area contributed by atoms with Crippen molar-refractivity contribution in [1.82, 2.24) is 5.32 Å². The molecule has 0 radical (unpaired) electrons. The summed E-state index contributed by atoms with van der Waals surface area (Å²) in [6.45, 7) is 6.53. The number of nitrogens with one attached hydrogen (secondary N) is 1. The quantitative estimate of drug-likeness (QED) is 0.0321. The van der Waals surface area contributed by atoms with Gasteiger partial charge in [-0.2, -0.15) is 0 Å². The smallest absolute Gasteiger partial charge is 0.306 e. The van der Waals surface area contributed by atoms with Gasteiger partial charge in [0.25, 0.3) is 0 Å². The first-order chi connectivity index (χ1) is 33.5. The van der Waals surface area contributed by atoms with E-state index in [2.05, 4.69) is 50.4 Å². The van der Waals surface area contributed by atoms with Gasteiger partial charge in [0.1, 0.15) is 6.10 Å². The van der Waals surface area contributed by atoms with Gasteiger partial charge in [-0.3, -0.25) is 9.59 Å². The predicted molar refractivity (Wildman–Crippen MR) is 296 cm³/mol. The molecule has 0 saturated carbocycles. The molecule has 402 valence electrons. The molecular weight excluding hydrogens is 839 g/mol. The fraction of sp³-hybridized carbons (Fsp3) is 0.903. The summed E-state index contributed by atoms with van der Waals surface area (Å²) in [7, 11) is 0. The molecule has 6 nitrogen and oxygen atoms in total. The van der Waals surface area contributed by atoms with Gasteiger partial charge in [-0.15, -0.1) is 0 Å². The zero-order chi connectivity index (χ0) is 49.5. The Hall–Kier alpha value is -1.66. The van der Waals surface area contributed by atoms with E-state index in [-0.39, 0.29) is 24.9 Å². The molecule has 3 atom stereocenters. The van der Waals surface area contributed by atoms with Crippen LogP contribution in [0.3, 0.4) is 0 Å². The Morgan fingerprint density at radius 3 is 1.06 bits per heavy atom. The molecule has 3 N–H and O–H groups in total. The number of ether oxygens (including phenoxy) is 1. The fourth-order valence-electron chi connectivity index (χ4n) is 9.60. The molecule has 1 amide bonds. The van der Waals surface area contributed by atoms with Gasteiger partial charge >= 0.3 is 5.97 Å². The molecule has 0 aliphatic rings. The van der Waals surface area contributed by atoms with E-state index >= 15 is 0 Å². The van der Waals surface area contributed by atoms with Gasteiger partial charge < -0.3 is 20.3 Å². The summed E-state index contributed by atoms with van der Waals surface area (Å²) in [6.07, 6.45) is 66.8. The van der Waals surface area contributed by atoms with Gasteiger partial charge in [0.15, 0.2) is 0 Å². The van der Waals surface area contributed by atoms with Gasteiger partial charge in [0.05, 0.1) is 25.2 Å². The number of carbonyl (C=O) groups excluding carboxylic acids is 2. The fourth-order valence-corrected chi connectivity index (χ4v) is 9.60. The lowest BCUT2D eigenvalue weighted by atomic mass is 10.0. The maximum absolute atomic E-state index is 13.3. The summed E-state index contributed by atoms with van der Waals surface area (Å²) >= 11 is 0. The summed E-state index contributed by atoms with van der Waals surface area (Å²) in [6, 6.07) is -0.706. The first-order valence-electron chi connectivity index (χ1n) is 30.6. The number of hydrogen-bond donors (Lipinski definition) is 3. The lowest BCUT2D eigenvalue weighted by Gasteiger charge is -2.24. The SMILES string of the molecule is CCCCCCCCCCC/C=C/CCCCCCCC(=O)OC(CCCCC/C=C/CCCCCCCCCCC)CC(=O)NC(CO)C(O)CCCCCCCCCCCCCCCCC. The Morgan fingerprint density at radius 1 is 0.412 bits per heavy atom. The standard InChI is InChI=1S/C62H119NO5/c1-4-7-10-13-16-19-22-25-28-30-31-34-37-40-43-46-49-52-55-62(67)68-58(53-50-47-44-41-38-35-33-29-26-23-20-17-14-11-8-5-2)56-61(66)63-59(57-64)60(65)54-51-48-45-42-39-36-32-27-24-21-18-15-12-9-6-3/h31,34-35,38,58-60,64-65H,4-30,32-33,36-37,39-57H2,1-3H3,(H,63,66)/b34-31+,38-35+. The molecule has 0 aromatic carbocycles. The molecular formula is C62H119NO5. The lowest BCUT2D eigenvalue weighted by molar-refractivity contribution is -0.151. The summed E-state index contributed by atoms with van der Waals surface area (Å²) in [4.78, 5) is 26.3. The Balaban J connectivity index is 4.54. The number of aliphatic hydroxyl groups excluding tert-OH is 2. The minimum absolute atomic E-state index is 0.0687. The summed E-state index contributed by atoms with van der Waals surface area (Å²) in [5, 5.41) is 23.9. The van der Waals surface area contributed by atoms with Crippen molar-refractivity contribution in [2.45, 2.75) is 354 Å². The third-order valence-corrected chi connectivity index (χ3v) is 14.3. The Kier molecular flexibility index (Phi) is 54.9. The van der Waals surface area contributed by atoms with E-state index in [0.717, 1.165) is 64.2 Å². The highest BCUT2D eigenvalue weighted by Crippen LogP contribution is 2.19. The maximum Gasteiger partial charge on any atom is 0.306 e. The number of esters is 1. The van der Waals surface area contributed by atoms with Gasteiger partial charge in [-0.1, -0.05) is 270 Å². The summed E-state index contributed by atoms with van der Waals surface area (Å²) in [5.41, 5.74) is 0. The van der Waals surface area contributed by atoms with Crippen LogP contribution in [-0.2, 0) is 14.3 Å². The number of allylic oxidation sites excluding steroid dienone is 4. The first kappa shape index (κ1) is 66.3. The molecule has 0 rings (SSSR count). The van der Waals surface area contributed by atoms with Crippen LogP contribution in [0.1, 0.15) is 335 Å². The summed E-state index contributed by atoms with van der Waals surface area (Å²) < 4.78 is 5.97. The zero-order valence-electron chi connectivity index (χ0n) is 46.0. The van der Waals surface area contributed by atoms with Crippen LogP contribution in [-0.4, -0.2) is 46.9 Å². The highest BCUT2D eigenvalue weighted by Gasteiger charge is 2.24. The Bertz CT molecular complexity index is 1080. The summed E-state index contributed by atoms with van der Waals surface area (Å²) in [5.74, 6) is -0.479. The van der Waals surface area contributed by atoms with E-state index in [1.54, 1.807) is 0 Å². The minimum atomic E-state index is -0.791. The number of carbonyl (C=O) groups is 2. The average Bonchev–Trinajstić information content (AvgIpc) is 3.33. The van der Waals surface area contributed by atoms with Gasteiger partial charge in [-0.05, 0) is 77.0 Å². The molecule has 0 bridgehead atoms. The van der Waals surface area contributed by atoms with Crippen LogP contribution in [0.15, 0.2) is 24.3 Å².